The SMILES string of the molecule is C=CC(=O)N1CCN(c2ncnc3c2CCC(c2c(C)cc(O)c(N)c2C=N)C3)CC1. The Bertz CT molecular complexity index is 1040. The Kier molecular flexibility index (Phi) is 5.63. The molecule has 0 saturated carbocycles. The van der Waals surface area contributed by atoms with Crippen LogP contribution in [0.4, 0.5) is 11.5 Å². The normalized spacial score (nSPS) is 18.4. The van der Waals surface area contributed by atoms with E-state index in [1.165, 1.54) is 17.9 Å². The van der Waals surface area contributed by atoms with Crippen LogP contribution in [0.5, 0.6) is 5.75 Å². The second-order valence-electron chi connectivity index (χ2n) is 8.18. The molecule has 8 heteroatoms. The number of aryl methyl sites for hydroxylation is 1. The number of amides is 1. The van der Waals surface area contributed by atoms with E-state index in [-0.39, 0.29) is 23.3 Å². The number of piperazine rings is 1. The summed E-state index contributed by atoms with van der Waals surface area (Å²) in [5, 5.41) is 17.9. The predicted octanol–water partition coefficient (Wildman–Crippen LogP) is 2.18. The van der Waals surface area contributed by atoms with Crippen molar-refractivity contribution in [3.05, 3.63) is 53.0 Å². The van der Waals surface area contributed by atoms with Crippen LogP contribution in [0.1, 0.15) is 40.3 Å². The lowest BCUT2D eigenvalue weighted by molar-refractivity contribution is -0.126. The molecular formula is C23H28N6O2. The van der Waals surface area contributed by atoms with Crippen LogP contribution in [0.2, 0.25) is 0 Å². The van der Waals surface area contributed by atoms with E-state index in [4.69, 9.17) is 11.1 Å². The highest BCUT2D eigenvalue weighted by molar-refractivity contribution is 5.90. The summed E-state index contributed by atoms with van der Waals surface area (Å²) < 4.78 is 0. The highest BCUT2D eigenvalue weighted by Gasteiger charge is 2.30. The van der Waals surface area contributed by atoms with Crippen LogP contribution in [0.3, 0.4) is 0 Å². The number of anilines is 2. The van der Waals surface area contributed by atoms with Crippen molar-refractivity contribution in [2.24, 2.45) is 0 Å². The lowest BCUT2D eigenvalue weighted by atomic mass is 9.78. The van der Waals surface area contributed by atoms with E-state index in [2.05, 4.69) is 21.4 Å². The highest BCUT2D eigenvalue weighted by Crippen LogP contribution is 2.40. The van der Waals surface area contributed by atoms with E-state index in [0.29, 0.717) is 18.7 Å². The number of phenolic OH excluding ortho intramolecular Hbond substituents is 1. The first-order valence-corrected chi connectivity index (χ1v) is 10.6. The van der Waals surface area contributed by atoms with Crippen LogP contribution in [-0.2, 0) is 17.6 Å². The van der Waals surface area contributed by atoms with Gasteiger partial charge in [0, 0.05) is 49.2 Å². The van der Waals surface area contributed by atoms with Gasteiger partial charge in [-0.15, -0.1) is 0 Å². The van der Waals surface area contributed by atoms with Gasteiger partial charge in [-0.1, -0.05) is 6.58 Å². The van der Waals surface area contributed by atoms with Crippen molar-refractivity contribution in [3.8, 4) is 5.75 Å². The Morgan fingerprint density at radius 2 is 2.06 bits per heavy atom. The molecule has 1 aliphatic heterocycles. The zero-order valence-corrected chi connectivity index (χ0v) is 17.8. The van der Waals surface area contributed by atoms with Crippen LogP contribution in [-0.4, -0.2) is 58.3 Å². The topological polar surface area (TPSA) is 119 Å². The largest absolute Gasteiger partial charge is 0.506 e. The summed E-state index contributed by atoms with van der Waals surface area (Å²) in [5.74, 6) is 1.13. The number of hydrogen-bond acceptors (Lipinski definition) is 7. The number of nitrogens with one attached hydrogen (secondary N) is 1. The fraction of sp³-hybridized carbons (Fsp3) is 0.391. The Labute approximate surface area is 181 Å². The molecule has 2 heterocycles. The lowest BCUT2D eigenvalue weighted by Gasteiger charge is -2.37. The summed E-state index contributed by atoms with van der Waals surface area (Å²) in [5.41, 5.74) is 11.1. The molecule has 0 radical (unpaired) electrons. The second-order valence-corrected chi connectivity index (χ2v) is 8.18. The van der Waals surface area contributed by atoms with Gasteiger partial charge in [-0.25, -0.2) is 9.97 Å². The summed E-state index contributed by atoms with van der Waals surface area (Å²) >= 11 is 0. The van der Waals surface area contributed by atoms with Crippen molar-refractivity contribution in [2.45, 2.75) is 32.1 Å². The molecule has 2 aliphatic rings. The molecule has 1 atom stereocenters. The number of aromatic hydroxyl groups is 1. The molecule has 162 valence electrons. The minimum absolute atomic E-state index is 0.0228. The van der Waals surface area contributed by atoms with E-state index in [0.717, 1.165) is 55.0 Å². The van der Waals surface area contributed by atoms with Gasteiger partial charge in [0.15, 0.2) is 0 Å². The molecule has 31 heavy (non-hydrogen) atoms. The highest BCUT2D eigenvalue weighted by atomic mass is 16.3. The molecule has 2 aromatic rings. The molecule has 1 amide bonds. The van der Waals surface area contributed by atoms with Crippen molar-refractivity contribution in [1.82, 2.24) is 14.9 Å². The van der Waals surface area contributed by atoms with Gasteiger partial charge in [0.25, 0.3) is 0 Å². The standard InChI is InChI=1S/C23H28N6O2/c1-3-20(31)28-6-8-29(9-7-28)23-16-5-4-15(11-18(16)26-13-27-23)21-14(2)10-19(30)22(25)17(21)12-24/h3,10,12-13,15,24,30H,1,4-9,11,25H2,2H3. The fourth-order valence-corrected chi connectivity index (χ4v) is 4.86. The molecule has 4 rings (SSSR count). The van der Waals surface area contributed by atoms with Crippen molar-refractivity contribution < 1.29 is 9.90 Å². The van der Waals surface area contributed by atoms with Gasteiger partial charge in [0.2, 0.25) is 5.91 Å². The molecule has 8 nitrogen and oxygen atoms in total. The first kappa shape index (κ1) is 20.8. The van der Waals surface area contributed by atoms with Crippen molar-refractivity contribution >= 4 is 23.6 Å². The van der Waals surface area contributed by atoms with Crippen LogP contribution in [0, 0.1) is 12.3 Å². The van der Waals surface area contributed by atoms with E-state index in [1.807, 2.05) is 11.8 Å². The van der Waals surface area contributed by atoms with Crippen LogP contribution >= 0.6 is 0 Å². The average molecular weight is 421 g/mol. The quantitative estimate of drug-likeness (QED) is 0.302. The lowest BCUT2D eigenvalue weighted by Crippen LogP contribution is -2.49. The third-order valence-corrected chi connectivity index (χ3v) is 6.45. The monoisotopic (exact) mass is 420 g/mol. The second kappa shape index (κ2) is 8.37. The summed E-state index contributed by atoms with van der Waals surface area (Å²) in [7, 11) is 0. The summed E-state index contributed by atoms with van der Waals surface area (Å²) in [6.07, 6.45) is 6.69. The molecule has 4 N–H and O–H groups in total. The van der Waals surface area contributed by atoms with Crippen LogP contribution < -0.4 is 10.6 Å². The number of benzene rings is 1. The zero-order valence-electron chi connectivity index (χ0n) is 17.8. The number of rotatable bonds is 4. The van der Waals surface area contributed by atoms with Gasteiger partial charge in [-0.2, -0.15) is 0 Å². The van der Waals surface area contributed by atoms with Crippen LogP contribution in [0.25, 0.3) is 0 Å². The minimum atomic E-state index is -0.0299. The average Bonchev–Trinajstić information content (AvgIpc) is 2.80. The summed E-state index contributed by atoms with van der Waals surface area (Å²) in [4.78, 5) is 25.1. The maximum atomic E-state index is 11.9. The number of aromatic nitrogens is 2. The number of phenols is 1. The molecule has 1 aliphatic carbocycles. The van der Waals surface area contributed by atoms with Gasteiger partial charge >= 0.3 is 0 Å². The van der Waals surface area contributed by atoms with E-state index in [9.17, 15) is 9.90 Å². The maximum Gasteiger partial charge on any atom is 0.246 e. The van der Waals surface area contributed by atoms with Crippen molar-refractivity contribution in [3.63, 3.8) is 0 Å². The maximum absolute atomic E-state index is 11.9. The third kappa shape index (κ3) is 3.73. The molecule has 1 saturated heterocycles. The van der Waals surface area contributed by atoms with Crippen molar-refractivity contribution in [1.29, 1.82) is 5.41 Å². The minimum Gasteiger partial charge on any atom is -0.506 e. The molecule has 1 aromatic heterocycles. The Balaban J connectivity index is 1.59. The number of hydrogen-bond donors (Lipinski definition) is 3. The van der Waals surface area contributed by atoms with Gasteiger partial charge in [0.05, 0.1) is 5.69 Å². The molecule has 0 bridgehead atoms. The summed E-state index contributed by atoms with van der Waals surface area (Å²) in [6, 6.07) is 1.68. The number of nitrogens with two attached hydrogens (primary N) is 1. The molecule has 1 fully saturated rings. The third-order valence-electron chi connectivity index (χ3n) is 6.45. The van der Waals surface area contributed by atoms with Crippen LogP contribution in [0.15, 0.2) is 25.0 Å². The van der Waals surface area contributed by atoms with Gasteiger partial charge in [0.1, 0.15) is 17.9 Å². The number of carbonyl (C=O) groups is 1. The molecule has 1 unspecified atom stereocenters. The Hall–Kier alpha value is -3.42. The van der Waals surface area contributed by atoms with E-state index >= 15 is 0 Å². The Morgan fingerprint density at radius 1 is 1.32 bits per heavy atom. The zero-order chi connectivity index (χ0) is 22.1. The fourth-order valence-electron chi connectivity index (χ4n) is 4.86. The first-order valence-electron chi connectivity index (χ1n) is 10.6. The number of nitrogen functional groups attached to an aromatic ring is 1. The van der Waals surface area contributed by atoms with E-state index < -0.39 is 0 Å². The predicted molar refractivity (Wildman–Crippen MR) is 121 cm³/mol. The molecular weight excluding hydrogens is 392 g/mol. The Morgan fingerprint density at radius 3 is 2.74 bits per heavy atom. The molecule has 1 aromatic carbocycles. The number of fused-ring (bicyclic) bond motifs is 1. The van der Waals surface area contributed by atoms with Crippen molar-refractivity contribution in [2.75, 3.05) is 36.8 Å². The van der Waals surface area contributed by atoms with Gasteiger partial charge in [-0.05, 0) is 55.4 Å². The smallest absolute Gasteiger partial charge is 0.246 e. The molecule has 0 spiro atoms. The van der Waals surface area contributed by atoms with Gasteiger partial charge < -0.3 is 26.0 Å². The number of carbonyl (C=O) groups excluding carboxylic acids is 1. The number of nitrogens with zero attached hydrogens (tertiary/aromatic N) is 4. The first-order chi connectivity index (χ1) is 14.9. The van der Waals surface area contributed by atoms with E-state index in [1.54, 1.807) is 12.4 Å². The van der Waals surface area contributed by atoms with Gasteiger partial charge in [-0.3, -0.25) is 4.79 Å². The summed E-state index contributed by atoms with van der Waals surface area (Å²) in [6.45, 7) is 8.30.